The first-order valence-electron chi connectivity index (χ1n) is 37.0. The lowest BCUT2D eigenvalue weighted by Crippen LogP contribution is -2.30. The van der Waals surface area contributed by atoms with E-state index in [1.54, 1.807) is 22.7 Å². The van der Waals surface area contributed by atoms with Gasteiger partial charge in [0, 0.05) is 43.2 Å². The summed E-state index contributed by atoms with van der Waals surface area (Å²) in [4.78, 5) is 32.1. The largest absolute Gasteiger partial charge is 0.298 e. The molecule has 12 rings (SSSR count). The Hall–Kier alpha value is -6.38. The van der Waals surface area contributed by atoms with Gasteiger partial charge in [-0.25, -0.2) is 8.80 Å². The molecular weight excluding hydrogens is 1330 g/mol. The van der Waals surface area contributed by atoms with E-state index < -0.39 is 10.8 Å². The van der Waals surface area contributed by atoms with Crippen LogP contribution in [0.1, 0.15) is 262 Å². The molecule has 1 atom stereocenters. The number of hydrogen-bond donors (Lipinski definition) is 4. The number of rotatable bonds is 33. The van der Waals surface area contributed by atoms with Crippen molar-refractivity contribution >= 4 is 127 Å². The van der Waals surface area contributed by atoms with Crippen LogP contribution in [0.4, 0.5) is 0 Å². The van der Waals surface area contributed by atoms with Crippen LogP contribution in [0, 0.1) is 31.6 Å². The van der Waals surface area contributed by atoms with Crippen molar-refractivity contribution in [2.75, 3.05) is 0 Å². The molecular formula is C87H98N4O2S6. The van der Waals surface area contributed by atoms with Gasteiger partial charge in [-0.1, -0.05) is 233 Å². The highest BCUT2D eigenvalue weighted by molar-refractivity contribution is 7.79. The summed E-state index contributed by atoms with van der Waals surface area (Å²) in [5.74, 6) is 0. The highest BCUT2D eigenvalue weighted by Gasteiger charge is 2.56. The molecule has 0 saturated heterocycles. The van der Waals surface area contributed by atoms with Gasteiger partial charge >= 0.3 is 0 Å². The molecule has 0 aliphatic heterocycles. The summed E-state index contributed by atoms with van der Waals surface area (Å²) >= 11 is 16.3. The van der Waals surface area contributed by atoms with Crippen molar-refractivity contribution < 1.29 is 9.59 Å². The minimum Gasteiger partial charge on any atom is -0.298 e. The van der Waals surface area contributed by atoms with E-state index in [1.165, 1.54) is 214 Å². The van der Waals surface area contributed by atoms with E-state index in [-0.39, 0.29) is 22.8 Å². The molecule has 4 aromatic carbocycles. The molecule has 0 spiro atoms. The molecule has 1 unspecified atom stereocenters. The normalized spacial score (nSPS) is 16.9. The van der Waals surface area contributed by atoms with Gasteiger partial charge in [0.15, 0.2) is 12.6 Å². The summed E-state index contributed by atoms with van der Waals surface area (Å²) < 4.78 is 11.2. The highest BCUT2D eigenvalue weighted by Crippen LogP contribution is 2.71. The van der Waals surface area contributed by atoms with Gasteiger partial charge in [0.2, 0.25) is 0 Å². The molecule has 0 saturated carbocycles. The van der Waals surface area contributed by atoms with Crippen molar-refractivity contribution in [3.05, 3.63) is 219 Å². The fourth-order valence-electron chi connectivity index (χ4n) is 16.4. The minimum atomic E-state index is -0.803. The first-order valence-corrected chi connectivity index (χ1v) is 41.1. The van der Waals surface area contributed by atoms with E-state index >= 15 is 0 Å². The molecule has 0 bridgehead atoms. The van der Waals surface area contributed by atoms with Gasteiger partial charge in [-0.3, -0.25) is 20.4 Å². The van der Waals surface area contributed by atoms with Gasteiger partial charge in [-0.15, -0.1) is 45.3 Å². The zero-order valence-corrected chi connectivity index (χ0v) is 64.5. The lowest BCUT2D eigenvalue weighted by Gasteiger charge is -2.35. The van der Waals surface area contributed by atoms with Gasteiger partial charge in [0.1, 0.15) is 11.4 Å². The lowest BCUT2D eigenvalue weighted by atomic mass is 9.66. The zero-order chi connectivity index (χ0) is 69.5. The van der Waals surface area contributed by atoms with E-state index in [1.807, 2.05) is 47.0 Å². The standard InChI is InChI=1S/C87H98N4O2S6/c1-9-14-19-24-29-57-38-54(6)41-64(45-57)86(65-42-55(7)39-58(46-65)30-25-20-15-10-2)70-50-72(68-36-34-62(52-92)78(90-94)76(68)88)96-80(70)82-74(86)84-85(98-82)75-83(99-84)81-71(51-73(97-81)69-37-35-63(53-93)79(91-95)77(69)89)87(75,66-43-56(8)40-59(47-66)31-26-21-16-11-3)67-48-60(32-27-22-17-12-4)44-61(49-67)33-28-23-18-13-5/h34-53,88-89,94-95H,9-33H2,1-8H3/b88-76?,89-77?,90-78-,91-79-. The van der Waals surface area contributed by atoms with Gasteiger partial charge in [0.05, 0.1) is 51.2 Å². The Labute approximate surface area is 616 Å². The maximum atomic E-state index is 12.6. The van der Waals surface area contributed by atoms with E-state index in [4.69, 9.17) is 0 Å². The van der Waals surface area contributed by atoms with Crippen molar-refractivity contribution in [3.63, 3.8) is 0 Å². The number of allylic oxidation sites excluding steroid dienone is 8. The Balaban J connectivity index is 1.24. The van der Waals surface area contributed by atoms with Crippen LogP contribution in [-0.2, 0) is 52.5 Å². The predicted molar refractivity (Wildman–Crippen MR) is 436 cm³/mol. The molecule has 0 radical (unpaired) electrons. The Morgan fingerprint density at radius 1 is 0.374 bits per heavy atom. The summed E-state index contributed by atoms with van der Waals surface area (Å²) in [5, 5.41) is 19.6. The van der Waals surface area contributed by atoms with Crippen molar-refractivity contribution in [1.29, 1.82) is 10.8 Å². The van der Waals surface area contributed by atoms with E-state index in [9.17, 15) is 20.4 Å². The number of carbonyl (C=O) groups excluding carboxylic acids is 2. The SMILES string of the molecule is CCCCCCc1cc(C)cc(C2(c3cc(C)cc(CCCCCC)c3)c3cc(C4=CC=C(C=O)/C(=N/S)C4=N)sc3-c3sc4c5c(sc4c32)-c2sc(C3=CC=C(C=O)/C(=N/S)C3=N)cc2C5(c2cc(C)cc(CCCCCC)c2)c2cc(CCCCCC)cc(CCCCCC)c2)c1. The van der Waals surface area contributed by atoms with Crippen molar-refractivity contribution in [1.82, 2.24) is 0 Å². The number of unbranched alkanes of at least 4 members (excludes halogenated alkanes) is 15. The first-order chi connectivity index (χ1) is 48.2. The number of hydrogen-bond acceptors (Lipinski definition) is 12. The Morgan fingerprint density at radius 2 is 0.677 bits per heavy atom. The molecule has 6 nitrogen and oxygen atoms in total. The molecule has 4 aromatic heterocycles. The van der Waals surface area contributed by atoms with Crippen LogP contribution in [0.15, 0.2) is 129 Å². The minimum absolute atomic E-state index is 0.198. The summed E-state index contributed by atoms with van der Waals surface area (Å²) in [5.41, 5.74) is 22.5. The smallest absolute Gasteiger partial charge is 0.152 e. The second kappa shape index (κ2) is 32.3. The van der Waals surface area contributed by atoms with Gasteiger partial charge in [-0.05, 0) is 196 Å². The number of thiol groups is 2. The van der Waals surface area contributed by atoms with Crippen LogP contribution in [0.2, 0.25) is 0 Å². The van der Waals surface area contributed by atoms with Crippen LogP contribution in [-0.4, -0.2) is 35.4 Å². The number of aldehydes is 2. The van der Waals surface area contributed by atoms with Crippen LogP contribution in [0.5, 0.6) is 0 Å². The average molecular weight is 1420 g/mol. The number of fused-ring (bicyclic) bond motifs is 9. The van der Waals surface area contributed by atoms with Crippen LogP contribution in [0.25, 0.3) is 40.1 Å². The monoisotopic (exact) mass is 1420 g/mol. The summed E-state index contributed by atoms with van der Waals surface area (Å²) in [6.07, 6.45) is 37.7. The van der Waals surface area contributed by atoms with Gasteiger partial charge in [-0.2, -0.15) is 0 Å². The fraction of sp³-hybridized carbons (Fsp3) is 0.402. The molecule has 4 aliphatic rings. The molecule has 4 aliphatic carbocycles. The molecule has 4 heterocycles. The molecule has 514 valence electrons. The predicted octanol–water partition coefficient (Wildman–Crippen LogP) is 25.0. The molecule has 99 heavy (non-hydrogen) atoms. The van der Waals surface area contributed by atoms with Crippen LogP contribution >= 0.6 is 71.0 Å². The number of benzene rings is 4. The fourth-order valence-corrected chi connectivity index (χ4v) is 22.8. The third-order valence-electron chi connectivity index (χ3n) is 21.2. The van der Waals surface area contributed by atoms with Gasteiger partial charge in [0.25, 0.3) is 0 Å². The van der Waals surface area contributed by atoms with Crippen molar-refractivity contribution in [2.24, 2.45) is 8.80 Å². The zero-order valence-electron chi connectivity index (χ0n) is 59.5. The number of nitrogens with one attached hydrogen (secondary N) is 2. The number of carbonyl (C=O) groups is 2. The molecule has 0 amide bonds. The summed E-state index contributed by atoms with van der Waals surface area (Å²) in [6, 6.07) is 35.2. The third-order valence-corrected chi connectivity index (χ3v) is 26.8. The maximum Gasteiger partial charge on any atom is 0.152 e. The number of thiophene rings is 4. The highest BCUT2D eigenvalue weighted by atomic mass is 32.1. The maximum absolute atomic E-state index is 12.6. The van der Waals surface area contributed by atoms with Crippen LogP contribution in [0.3, 0.4) is 0 Å². The summed E-state index contributed by atoms with van der Waals surface area (Å²) in [6.45, 7) is 18.4. The van der Waals surface area contributed by atoms with E-state index in [0.717, 1.165) is 97.7 Å². The van der Waals surface area contributed by atoms with E-state index in [2.05, 4.69) is 175 Å². The van der Waals surface area contributed by atoms with Crippen molar-refractivity contribution in [2.45, 2.75) is 227 Å². The second-order valence-electron chi connectivity index (χ2n) is 28.5. The molecule has 12 heteroatoms. The van der Waals surface area contributed by atoms with E-state index in [0.29, 0.717) is 11.1 Å². The Morgan fingerprint density at radius 3 is 0.970 bits per heavy atom. The molecule has 0 fully saturated rings. The third kappa shape index (κ3) is 14.0. The summed E-state index contributed by atoms with van der Waals surface area (Å²) in [7, 11) is 0. The molecule has 8 aromatic rings. The van der Waals surface area contributed by atoms with Gasteiger partial charge < -0.3 is 0 Å². The first kappa shape index (κ1) is 72.4. The average Bonchev–Trinajstić information content (AvgIpc) is 1.49. The second-order valence-corrected chi connectivity index (χ2v) is 33.0. The Kier molecular flexibility index (Phi) is 23.6. The quantitative estimate of drug-likeness (QED) is 0.0142. The molecule has 2 N–H and O–H groups in total. The number of nitrogens with zero attached hydrogens (tertiary/aromatic N) is 2. The Bertz CT molecular complexity index is 4510. The van der Waals surface area contributed by atoms with Crippen LogP contribution < -0.4 is 0 Å². The number of aryl methyl sites for hydroxylation is 8. The van der Waals surface area contributed by atoms with Crippen molar-refractivity contribution in [3.8, 4) is 19.5 Å². The topological polar surface area (TPSA) is 107 Å². The lowest BCUT2D eigenvalue weighted by molar-refractivity contribution is -0.105.